The van der Waals surface area contributed by atoms with Gasteiger partial charge in [0.05, 0.1) is 0 Å². The molecule has 112 valence electrons. The zero-order valence-electron chi connectivity index (χ0n) is 12.4. The zero-order valence-corrected chi connectivity index (χ0v) is 12.4. The van der Waals surface area contributed by atoms with Gasteiger partial charge in [-0.3, -0.25) is 4.79 Å². The number of amides is 1. The van der Waals surface area contributed by atoms with E-state index < -0.39 is 0 Å². The number of carbonyl (C=O) groups excluding carboxylic acids is 1. The van der Waals surface area contributed by atoms with Gasteiger partial charge < -0.3 is 11.1 Å². The molecule has 1 aromatic rings. The van der Waals surface area contributed by atoms with Crippen LogP contribution in [0.2, 0.25) is 0 Å². The van der Waals surface area contributed by atoms with E-state index in [-0.39, 0.29) is 17.5 Å². The molecule has 4 bridgehead atoms. The van der Waals surface area contributed by atoms with Crippen molar-refractivity contribution in [3.05, 3.63) is 23.8 Å². The van der Waals surface area contributed by atoms with E-state index in [4.69, 9.17) is 5.73 Å². The van der Waals surface area contributed by atoms with Crippen molar-refractivity contribution in [2.45, 2.75) is 50.6 Å². The van der Waals surface area contributed by atoms with Gasteiger partial charge in [-0.05, 0) is 62.8 Å². The van der Waals surface area contributed by atoms with Crippen LogP contribution in [0.5, 0.6) is 0 Å². The fourth-order valence-corrected chi connectivity index (χ4v) is 5.16. The minimum atomic E-state index is -0.202. The Bertz CT molecular complexity index is 573. The molecule has 3 atom stereocenters. The Labute approximate surface area is 124 Å². The molecule has 1 heterocycles. The molecule has 4 fully saturated rings. The van der Waals surface area contributed by atoms with E-state index in [2.05, 4.69) is 15.3 Å². The molecule has 0 spiro atoms. The van der Waals surface area contributed by atoms with Crippen LogP contribution >= 0.6 is 0 Å². The van der Waals surface area contributed by atoms with Crippen molar-refractivity contribution in [1.29, 1.82) is 0 Å². The van der Waals surface area contributed by atoms with E-state index in [1.165, 1.54) is 19.3 Å². The Balaban J connectivity index is 1.55. The molecule has 0 aromatic carbocycles. The van der Waals surface area contributed by atoms with Gasteiger partial charge in [0.2, 0.25) is 0 Å². The van der Waals surface area contributed by atoms with Crippen molar-refractivity contribution in [1.82, 2.24) is 15.3 Å². The Morgan fingerprint density at radius 2 is 2.05 bits per heavy atom. The van der Waals surface area contributed by atoms with E-state index in [1.807, 2.05) is 0 Å². The van der Waals surface area contributed by atoms with Crippen LogP contribution in [0.4, 0.5) is 0 Å². The van der Waals surface area contributed by atoms with Crippen LogP contribution in [0.25, 0.3) is 0 Å². The third-order valence-corrected chi connectivity index (χ3v) is 5.66. The van der Waals surface area contributed by atoms with Crippen molar-refractivity contribution in [2.75, 3.05) is 0 Å². The summed E-state index contributed by atoms with van der Waals surface area (Å²) in [5.74, 6) is 2.62. The Kier molecular flexibility index (Phi) is 2.83. The molecular weight excluding hydrogens is 264 g/mol. The second-order valence-corrected chi connectivity index (χ2v) is 7.28. The van der Waals surface area contributed by atoms with Gasteiger partial charge in [0.15, 0.2) is 0 Å². The first-order valence-corrected chi connectivity index (χ1v) is 7.93. The van der Waals surface area contributed by atoms with Crippen molar-refractivity contribution in [2.24, 2.45) is 23.5 Å². The van der Waals surface area contributed by atoms with Gasteiger partial charge in [-0.1, -0.05) is 0 Å². The number of rotatable bonds is 2. The first kappa shape index (κ1) is 13.2. The fourth-order valence-electron chi connectivity index (χ4n) is 5.16. The lowest BCUT2D eigenvalue weighted by Crippen LogP contribution is -2.70. The smallest absolute Gasteiger partial charge is 0.270 e. The highest BCUT2D eigenvalue weighted by atomic mass is 16.2. The molecule has 5 rings (SSSR count). The molecule has 0 radical (unpaired) electrons. The summed E-state index contributed by atoms with van der Waals surface area (Å²) in [5.41, 5.74) is 6.92. The van der Waals surface area contributed by atoms with Gasteiger partial charge in [-0.25, -0.2) is 9.97 Å². The van der Waals surface area contributed by atoms with Crippen LogP contribution in [0, 0.1) is 24.7 Å². The fraction of sp³-hybridized carbons (Fsp3) is 0.688. The molecule has 5 nitrogen and oxygen atoms in total. The van der Waals surface area contributed by atoms with Crippen molar-refractivity contribution in [3.8, 4) is 0 Å². The molecule has 3 unspecified atom stereocenters. The topological polar surface area (TPSA) is 80.9 Å². The van der Waals surface area contributed by atoms with Crippen LogP contribution in [-0.2, 0) is 0 Å². The lowest BCUT2D eigenvalue weighted by atomic mass is 9.51. The average Bonchev–Trinajstić information content (AvgIpc) is 2.41. The van der Waals surface area contributed by atoms with E-state index in [9.17, 15) is 4.79 Å². The highest BCUT2D eigenvalue weighted by Crippen LogP contribution is 2.54. The van der Waals surface area contributed by atoms with Crippen molar-refractivity contribution in [3.63, 3.8) is 0 Å². The summed E-state index contributed by atoms with van der Waals surface area (Å²) in [6.45, 7) is 1.80. The highest BCUT2D eigenvalue weighted by molar-refractivity contribution is 5.92. The normalized spacial score (nSPS) is 40.3. The van der Waals surface area contributed by atoms with Crippen LogP contribution in [0.15, 0.2) is 12.3 Å². The average molecular weight is 286 g/mol. The summed E-state index contributed by atoms with van der Waals surface area (Å²) in [4.78, 5) is 20.7. The molecule has 1 amide bonds. The number of aryl methyl sites for hydroxylation is 1. The van der Waals surface area contributed by atoms with Gasteiger partial charge >= 0.3 is 0 Å². The van der Waals surface area contributed by atoms with E-state index in [0.717, 1.165) is 24.7 Å². The molecule has 4 aliphatic carbocycles. The quantitative estimate of drug-likeness (QED) is 0.861. The number of hydrogen-bond donors (Lipinski definition) is 2. The lowest BCUT2D eigenvalue weighted by Gasteiger charge is -2.59. The van der Waals surface area contributed by atoms with Crippen LogP contribution in [0.1, 0.15) is 48.4 Å². The molecule has 1 aromatic heterocycles. The second kappa shape index (κ2) is 4.50. The molecular formula is C16H22N4O. The third kappa shape index (κ3) is 2.14. The largest absolute Gasteiger partial charge is 0.346 e. The summed E-state index contributed by atoms with van der Waals surface area (Å²) in [6.07, 6.45) is 7.56. The summed E-state index contributed by atoms with van der Waals surface area (Å²) < 4.78 is 0. The van der Waals surface area contributed by atoms with Crippen LogP contribution in [0.3, 0.4) is 0 Å². The van der Waals surface area contributed by atoms with E-state index >= 15 is 0 Å². The Hall–Kier alpha value is -1.49. The Morgan fingerprint density at radius 1 is 1.33 bits per heavy atom. The zero-order chi connectivity index (χ0) is 14.6. The van der Waals surface area contributed by atoms with Crippen LogP contribution < -0.4 is 11.1 Å². The predicted molar refractivity (Wildman–Crippen MR) is 78.5 cm³/mol. The van der Waals surface area contributed by atoms with E-state index in [0.29, 0.717) is 17.4 Å². The van der Waals surface area contributed by atoms with Gasteiger partial charge in [0.1, 0.15) is 11.5 Å². The molecule has 3 N–H and O–H groups in total. The summed E-state index contributed by atoms with van der Waals surface area (Å²) in [7, 11) is 0. The maximum absolute atomic E-state index is 12.5. The first-order valence-electron chi connectivity index (χ1n) is 7.93. The third-order valence-electron chi connectivity index (χ3n) is 5.66. The molecule has 4 saturated carbocycles. The monoisotopic (exact) mass is 286 g/mol. The molecule has 0 aliphatic heterocycles. The van der Waals surface area contributed by atoms with E-state index in [1.54, 1.807) is 19.2 Å². The summed E-state index contributed by atoms with van der Waals surface area (Å²) >= 11 is 0. The molecule has 21 heavy (non-hydrogen) atoms. The maximum Gasteiger partial charge on any atom is 0.270 e. The van der Waals surface area contributed by atoms with Crippen molar-refractivity contribution < 1.29 is 4.79 Å². The lowest BCUT2D eigenvalue weighted by molar-refractivity contribution is -0.0302. The minimum Gasteiger partial charge on any atom is -0.346 e. The number of nitrogens with zero attached hydrogens (tertiary/aromatic N) is 2. The highest BCUT2D eigenvalue weighted by Gasteiger charge is 2.55. The molecule has 0 saturated heterocycles. The molecule has 5 heteroatoms. The summed E-state index contributed by atoms with van der Waals surface area (Å²) in [6, 6.07) is 1.77. The van der Waals surface area contributed by atoms with Crippen LogP contribution in [-0.4, -0.2) is 27.5 Å². The van der Waals surface area contributed by atoms with Gasteiger partial charge in [0, 0.05) is 17.8 Å². The number of aromatic nitrogens is 2. The van der Waals surface area contributed by atoms with Gasteiger partial charge in [0.25, 0.3) is 5.91 Å². The number of hydrogen-bond acceptors (Lipinski definition) is 4. The minimum absolute atomic E-state index is 0.105. The number of nitrogens with one attached hydrogen (secondary N) is 1. The standard InChI is InChI=1S/C16H22N4O/c1-9-18-3-2-13(19-9)15(21)20-14-12-5-10-4-11(6-12)8-16(14,17)7-10/h2-3,10-12,14H,4-8,17H2,1H3,(H,20,21). The molecule has 4 aliphatic rings. The predicted octanol–water partition coefficient (Wildman–Crippen LogP) is 1.42. The first-order chi connectivity index (χ1) is 10.0. The van der Waals surface area contributed by atoms with Crippen molar-refractivity contribution >= 4 is 5.91 Å². The SMILES string of the molecule is Cc1nccc(C(=O)NC2C3CC4CC(C3)CC2(N)C4)n1. The number of carbonyl (C=O) groups is 1. The summed E-state index contributed by atoms with van der Waals surface area (Å²) in [5, 5.41) is 3.19. The maximum atomic E-state index is 12.5. The second-order valence-electron chi connectivity index (χ2n) is 7.28. The Morgan fingerprint density at radius 3 is 2.67 bits per heavy atom. The van der Waals surface area contributed by atoms with Gasteiger partial charge in [-0.2, -0.15) is 0 Å². The number of nitrogens with two attached hydrogens (primary N) is 1. The van der Waals surface area contributed by atoms with Gasteiger partial charge in [-0.15, -0.1) is 0 Å².